The molecule has 0 saturated heterocycles. The molecule has 1 rings (SSSR count). The third kappa shape index (κ3) is 3.64. The molecule has 0 aliphatic rings. The van der Waals surface area contributed by atoms with Crippen LogP contribution in [0.5, 0.6) is 0 Å². The molecule has 84 valence electrons. The van der Waals surface area contributed by atoms with Gasteiger partial charge in [-0.15, -0.1) is 11.3 Å². The van der Waals surface area contributed by atoms with Crippen molar-refractivity contribution in [3.8, 4) is 0 Å². The number of amides is 1. The first kappa shape index (κ1) is 12.2. The Morgan fingerprint density at radius 2 is 2.13 bits per heavy atom. The van der Waals surface area contributed by atoms with E-state index in [0.29, 0.717) is 6.54 Å². The van der Waals surface area contributed by atoms with Crippen molar-refractivity contribution in [1.82, 2.24) is 10.6 Å². The molecule has 0 aliphatic heterocycles. The van der Waals surface area contributed by atoms with E-state index in [1.165, 1.54) is 9.75 Å². The molecule has 1 unspecified atom stereocenters. The Morgan fingerprint density at radius 1 is 1.47 bits per heavy atom. The highest BCUT2D eigenvalue weighted by atomic mass is 32.1. The zero-order valence-electron chi connectivity index (χ0n) is 9.46. The van der Waals surface area contributed by atoms with Crippen LogP contribution >= 0.6 is 11.3 Å². The van der Waals surface area contributed by atoms with Gasteiger partial charge in [-0.05, 0) is 32.5 Å². The number of rotatable bonds is 5. The van der Waals surface area contributed by atoms with Crippen molar-refractivity contribution in [3.05, 3.63) is 21.9 Å². The van der Waals surface area contributed by atoms with Gasteiger partial charge in [0.2, 0.25) is 5.91 Å². The molecule has 1 aromatic rings. The van der Waals surface area contributed by atoms with Gasteiger partial charge in [-0.25, -0.2) is 0 Å². The van der Waals surface area contributed by atoms with Crippen LogP contribution in [0.4, 0.5) is 0 Å². The lowest BCUT2D eigenvalue weighted by Gasteiger charge is -2.09. The molecule has 0 aliphatic carbocycles. The molecular weight excluding hydrogens is 208 g/mol. The van der Waals surface area contributed by atoms with Gasteiger partial charge in [0.1, 0.15) is 0 Å². The standard InChI is InChI=1S/C11H18N2OS/c1-4-9-5-6-10(15-9)7-13-11(14)8(2)12-3/h5-6,8,12H,4,7H2,1-3H3,(H,13,14). The summed E-state index contributed by atoms with van der Waals surface area (Å²) in [5.74, 6) is 0.0453. The van der Waals surface area contributed by atoms with Gasteiger partial charge in [0, 0.05) is 9.75 Å². The van der Waals surface area contributed by atoms with E-state index >= 15 is 0 Å². The van der Waals surface area contributed by atoms with E-state index in [1.54, 1.807) is 18.4 Å². The highest BCUT2D eigenvalue weighted by Gasteiger charge is 2.09. The number of carbonyl (C=O) groups is 1. The molecule has 2 N–H and O–H groups in total. The van der Waals surface area contributed by atoms with Gasteiger partial charge in [-0.3, -0.25) is 4.79 Å². The number of aryl methyl sites for hydroxylation is 1. The first-order chi connectivity index (χ1) is 7.17. The number of likely N-dealkylation sites (N-methyl/N-ethyl adjacent to an activating group) is 1. The molecule has 1 atom stereocenters. The zero-order valence-corrected chi connectivity index (χ0v) is 10.3. The Labute approximate surface area is 94.9 Å². The second-order valence-corrected chi connectivity index (χ2v) is 4.70. The fourth-order valence-corrected chi connectivity index (χ4v) is 2.06. The monoisotopic (exact) mass is 226 g/mol. The normalized spacial score (nSPS) is 12.5. The summed E-state index contributed by atoms with van der Waals surface area (Å²) in [6, 6.07) is 4.07. The highest BCUT2D eigenvalue weighted by Crippen LogP contribution is 2.16. The summed E-state index contributed by atoms with van der Waals surface area (Å²) in [5.41, 5.74) is 0. The first-order valence-corrected chi connectivity index (χ1v) is 6.01. The molecule has 1 aromatic heterocycles. The van der Waals surface area contributed by atoms with Crippen LogP contribution in [0, 0.1) is 0 Å². The smallest absolute Gasteiger partial charge is 0.237 e. The van der Waals surface area contributed by atoms with Crippen molar-refractivity contribution < 1.29 is 4.79 Å². The maximum Gasteiger partial charge on any atom is 0.237 e. The van der Waals surface area contributed by atoms with Gasteiger partial charge in [-0.2, -0.15) is 0 Å². The molecule has 0 saturated carbocycles. The zero-order chi connectivity index (χ0) is 11.3. The second-order valence-electron chi connectivity index (χ2n) is 3.45. The lowest BCUT2D eigenvalue weighted by molar-refractivity contribution is -0.122. The minimum Gasteiger partial charge on any atom is -0.350 e. The van der Waals surface area contributed by atoms with Crippen LogP contribution in [0.25, 0.3) is 0 Å². The maximum atomic E-state index is 11.5. The van der Waals surface area contributed by atoms with Crippen LogP contribution in [0.3, 0.4) is 0 Å². The fourth-order valence-electron chi connectivity index (χ4n) is 1.17. The molecule has 3 nitrogen and oxygen atoms in total. The van der Waals surface area contributed by atoms with E-state index in [0.717, 1.165) is 6.42 Å². The predicted octanol–water partition coefficient (Wildman–Crippen LogP) is 1.53. The van der Waals surface area contributed by atoms with Crippen LogP contribution in [-0.2, 0) is 17.8 Å². The number of thiophene rings is 1. The van der Waals surface area contributed by atoms with Crippen molar-refractivity contribution in [1.29, 1.82) is 0 Å². The summed E-state index contributed by atoms with van der Waals surface area (Å²) in [6.45, 7) is 4.62. The van der Waals surface area contributed by atoms with Gasteiger partial charge in [0.15, 0.2) is 0 Å². The first-order valence-electron chi connectivity index (χ1n) is 5.20. The highest BCUT2D eigenvalue weighted by molar-refractivity contribution is 7.11. The summed E-state index contributed by atoms with van der Waals surface area (Å²) in [4.78, 5) is 14.0. The summed E-state index contributed by atoms with van der Waals surface area (Å²) in [6.07, 6.45) is 1.06. The number of hydrogen-bond acceptors (Lipinski definition) is 3. The summed E-state index contributed by atoms with van der Waals surface area (Å²) >= 11 is 1.76. The molecule has 0 fully saturated rings. The van der Waals surface area contributed by atoms with E-state index in [-0.39, 0.29) is 11.9 Å². The Kier molecular flexibility index (Phi) is 4.78. The SMILES string of the molecule is CCc1ccc(CNC(=O)C(C)NC)s1. The van der Waals surface area contributed by atoms with Gasteiger partial charge in [0.05, 0.1) is 12.6 Å². The Hall–Kier alpha value is -0.870. The fraction of sp³-hybridized carbons (Fsp3) is 0.545. The number of nitrogens with one attached hydrogen (secondary N) is 2. The quantitative estimate of drug-likeness (QED) is 0.799. The van der Waals surface area contributed by atoms with Gasteiger partial charge in [0.25, 0.3) is 0 Å². The maximum absolute atomic E-state index is 11.5. The molecule has 0 bridgehead atoms. The summed E-state index contributed by atoms with van der Waals surface area (Å²) in [5, 5.41) is 5.80. The molecule has 0 aromatic carbocycles. The van der Waals surface area contributed by atoms with Gasteiger partial charge >= 0.3 is 0 Å². The van der Waals surface area contributed by atoms with Crippen molar-refractivity contribution >= 4 is 17.2 Å². The number of carbonyl (C=O) groups excluding carboxylic acids is 1. The van der Waals surface area contributed by atoms with Crippen molar-refractivity contribution in [2.75, 3.05) is 7.05 Å². The molecule has 0 spiro atoms. The van der Waals surface area contributed by atoms with E-state index in [9.17, 15) is 4.79 Å². The predicted molar refractivity (Wildman–Crippen MR) is 64.1 cm³/mol. The second kappa shape index (κ2) is 5.88. The van der Waals surface area contributed by atoms with Crippen LogP contribution in [0.15, 0.2) is 12.1 Å². The van der Waals surface area contributed by atoms with Crippen molar-refractivity contribution in [2.45, 2.75) is 32.9 Å². The number of hydrogen-bond donors (Lipinski definition) is 2. The largest absolute Gasteiger partial charge is 0.350 e. The lowest BCUT2D eigenvalue weighted by Crippen LogP contribution is -2.39. The van der Waals surface area contributed by atoms with Gasteiger partial charge < -0.3 is 10.6 Å². The van der Waals surface area contributed by atoms with E-state index in [4.69, 9.17) is 0 Å². The van der Waals surface area contributed by atoms with Crippen LogP contribution in [-0.4, -0.2) is 19.0 Å². The third-order valence-electron chi connectivity index (χ3n) is 2.33. The van der Waals surface area contributed by atoms with E-state index in [1.807, 2.05) is 6.92 Å². The van der Waals surface area contributed by atoms with Crippen LogP contribution < -0.4 is 10.6 Å². The van der Waals surface area contributed by atoms with E-state index in [2.05, 4.69) is 29.7 Å². The molecule has 15 heavy (non-hydrogen) atoms. The Morgan fingerprint density at radius 3 is 2.67 bits per heavy atom. The van der Waals surface area contributed by atoms with Crippen LogP contribution in [0.2, 0.25) is 0 Å². The Balaban J connectivity index is 2.40. The van der Waals surface area contributed by atoms with Crippen LogP contribution in [0.1, 0.15) is 23.6 Å². The molecular formula is C11H18N2OS. The van der Waals surface area contributed by atoms with Crippen molar-refractivity contribution in [3.63, 3.8) is 0 Å². The molecule has 1 amide bonds. The summed E-state index contributed by atoms with van der Waals surface area (Å²) < 4.78 is 0. The minimum absolute atomic E-state index is 0.0453. The topological polar surface area (TPSA) is 41.1 Å². The summed E-state index contributed by atoms with van der Waals surface area (Å²) in [7, 11) is 1.78. The Bertz CT molecular complexity index is 322. The molecule has 4 heteroatoms. The molecule has 1 heterocycles. The van der Waals surface area contributed by atoms with Gasteiger partial charge in [-0.1, -0.05) is 6.92 Å². The average molecular weight is 226 g/mol. The molecule has 0 radical (unpaired) electrons. The minimum atomic E-state index is -0.129. The third-order valence-corrected chi connectivity index (χ3v) is 3.56. The average Bonchev–Trinajstić information content (AvgIpc) is 2.72. The lowest BCUT2D eigenvalue weighted by atomic mass is 10.3. The van der Waals surface area contributed by atoms with Crippen molar-refractivity contribution in [2.24, 2.45) is 0 Å². The van der Waals surface area contributed by atoms with E-state index < -0.39 is 0 Å².